The minimum Gasteiger partial charge on any atom is -0.303 e. The van der Waals surface area contributed by atoms with Crippen LogP contribution in [0.15, 0.2) is 24.3 Å². The summed E-state index contributed by atoms with van der Waals surface area (Å²) in [7, 11) is 0. The monoisotopic (exact) mass is 164 g/mol. The Morgan fingerprint density at radius 3 is 2.58 bits per heavy atom. The van der Waals surface area contributed by atoms with Crippen molar-refractivity contribution in [3.63, 3.8) is 0 Å². The maximum absolute atomic E-state index is 10.6. The van der Waals surface area contributed by atoms with Gasteiger partial charge in [0.05, 0.1) is 0 Å². The van der Waals surface area contributed by atoms with Gasteiger partial charge in [-0.1, -0.05) is 30.7 Å². The molecular formula is C11H16O. The van der Waals surface area contributed by atoms with Crippen molar-refractivity contribution in [2.45, 2.75) is 26.2 Å². The fourth-order valence-corrected chi connectivity index (χ4v) is 1.74. The lowest BCUT2D eigenvalue weighted by atomic mass is 9.97. The Kier molecular flexibility index (Phi) is 3.78. The Morgan fingerprint density at radius 2 is 1.92 bits per heavy atom. The van der Waals surface area contributed by atoms with Crippen molar-refractivity contribution in [2.75, 3.05) is 0 Å². The average Bonchev–Trinajstić information content (AvgIpc) is 2.52. The molecule has 1 saturated carbocycles. The highest BCUT2D eigenvalue weighted by molar-refractivity contribution is 5.55. The molecule has 0 radical (unpaired) electrons. The Bertz CT molecular complexity index is 191. The number of allylic oxidation sites excluding steroid dienone is 4. The van der Waals surface area contributed by atoms with Crippen LogP contribution in [-0.4, -0.2) is 6.29 Å². The van der Waals surface area contributed by atoms with Gasteiger partial charge in [-0.15, -0.1) is 0 Å². The lowest BCUT2D eigenvalue weighted by Crippen LogP contribution is -2.05. The molecule has 0 aromatic carbocycles. The van der Waals surface area contributed by atoms with Crippen LogP contribution in [-0.2, 0) is 4.79 Å². The number of rotatable bonds is 3. The molecule has 66 valence electrons. The van der Waals surface area contributed by atoms with Crippen molar-refractivity contribution in [3.05, 3.63) is 24.3 Å². The van der Waals surface area contributed by atoms with E-state index in [9.17, 15) is 4.79 Å². The van der Waals surface area contributed by atoms with Crippen LogP contribution in [0.1, 0.15) is 26.2 Å². The van der Waals surface area contributed by atoms with Crippen LogP contribution in [0, 0.1) is 11.8 Å². The van der Waals surface area contributed by atoms with Crippen LogP contribution >= 0.6 is 0 Å². The Hall–Kier alpha value is -0.850. The van der Waals surface area contributed by atoms with Crippen molar-refractivity contribution in [1.29, 1.82) is 0 Å². The average molecular weight is 164 g/mol. The van der Waals surface area contributed by atoms with E-state index in [0.29, 0.717) is 5.92 Å². The molecule has 1 heteroatoms. The van der Waals surface area contributed by atoms with Gasteiger partial charge in [-0.05, 0) is 25.7 Å². The van der Waals surface area contributed by atoms with Crippen LogP contribution in [0.25, 0.3) is 0 Å². The van der Waals surface area contributed by atoms with E-state index in [-0.39, 0.29) is 5.92 Å². The summed E-state index contributed by atoms with van der Waals surface area (Å²) in [6, 6.07) is 0. The van der Waals surface area contributed by atoms with E-state index >= 15 is 0 Å². The summed E-state index contributed by atoms with van der Waals surface area (Å²) < 4.78 is 0. The SMILES string of the molecule is C/C=C/C=C/[C@@H]1CCC[C@@H]1C=O. The van der Waals surface area contributed by atoms with Crippen molar-refractivity contribution in [1.82, 2.24) is 0 Å². The van der Waals surface area contributed by atoms with Gasteiger partial charge in [0.25, 0.3) is 0 Å². The lowest BCUT2D eigenvalue weighted by molar-refractivity contribution is -0.111. The quantitative estimate of drug-likeness (QED) is 0.463. The molecule has 0 unspecified atom stereocenters. The van der Waals surface area contributed by atoms with Crippen molar-refractivity contribution >= 4 is 6.29 Å². The smallest absolute Gasteiger partial charge is 0.123 e. The third kappa shape index (κ3) is 2.33. The largest absolute Gasteiger partial charge is 0.303 e. The van der Waals surface area contributed by atoms with Gasteiger partial charge in [-0.2, -0.15) is 0 Å². The minimum atomic E-state index is 0.284. The molecule has 0 saturated heterocycles. The highest BCUT2D eigenvalue weighted by Crippen LogP contribution is 2.30. The van der Waals surface area contributed by atoms with E-state index in [4.69, 9.17) is 0 Å². The number of carbonyl (C=O) groups excluding carboxylic acids is 1. The van der Waals surface area contributed by atoms with Crippen LogP contribution in [0.2, 0.25) is 0 Å². The van der Waals surface area contributed by atoms with Crippen molar-refractivity contribution < 1.29 is 4.79 Å². The molecule has 0 N–H and O–H groups in total. The summed E-state index contributed by atoms with van der Waals surface area (Å²) in [5.41, 5.74) is 0. The molecule has 1 fully saturated rings. The van der Waals surface area contributed by atoms with Gasteiger partial charge in [0, 0.05) is 5.92 Å². The number of carbonyl (C=O) groups is 1. The third-order valence-electron chi connectivity index (χ3n) is 2.46. The van der Waals surface area contributed by atoms with E-state index in [1.54, 1.807) is 0 Å². The first-order valence-corrected chi connectivity index (χ1v) is 4.63. The number of aldehydes is 1. The normalized spacial score (nSPS) is 30.4. The van der Waals surface area contributed by atoms with Gasteiger partial charge >= 0.3 is 0 Å². The molecular weight excluding hydrogens is 148 g/mol. The van der Waals surface area contributed by atoms with Gasteiger partial charge in [-0.25, -0.2) is 0 Å². The Balaban J connectivity index is 2.45. The molecule has 1 aliphatic rings. The van der Waals surface area contributed by atoms with Crippen LogP contribution in [0.3, 0.4) is 0 Å². The molecule has 0 heterocycles. The summed E-state index contributed by atoms with van der Waals surface area (Å²) in [4.78, 5) is 10.6. The first kappa shape index (κ1) is 9.24. The van der Waals surface area contributed by atoms with Gasteiger partial charge in [0.2, 0.25) is 0 Å². The number of hydrogen-bond donors (Lipinski definition) is 0. The molecule has 1 nitrogen and oxygen atoms in total. The van der Waals surface area contributed by atoms with E-state index in [0.717, 1.165) is 12.7 Å². The molecule has 0 spiro atoms. The molecule has 2 atom stereocenters. The molecule has 0 aromatic rings. The first-order chi connectivity index (χ1) is 5.88. The van der Waals surface area contributed by atoms with E-state index in [1.165, 1.54) is 12.8 Å². The summed E-state index contributed by atoms with van der Waals surface area (Å²) in [5, 5.41) is 0. The summed E-state index contributed by atoms with van der Waals surface area (Å²) >= 11 is 0. The standard InChI is InChI=1S/C11H16O/c1-2-3-4-6-10-7-5-8-11(10)9-12/h2-4,6,9-11H,5,7-8H2,1H3/b3-2+,6-4+/t10-,11-/m1/s1. The minimum absolute atomic E-state index is 0.284. The molecule has 1 aliphatic carbocycles. The molecule has 1 rings (SSSR count). The zero-order valence-corrected chi connectivity index (χ0v) is 7.57. The van der Waals surface area contributed by atoms with Crippen LogP contribution in [0.4, 0.5) is 0 Å². The molecule has 0 aliphatic heterocycles. The van der Waals surface area contributed by atoms with E-state index in [1.807, 2.05) is 25.2 Å². The van der Waals surface area contributed by atoms with Gasteiger partial charge < -0.3 is 4.79 Å². The van der Waals surface area contributed by atoms with Gasteiger partial charge in [0.15, 0.2) is 0 Å². The zero-order chi connectivity index (χ0) is 8.81. The molecule has 12 heavy (non-hydrogen) atoms. The Morgan fingerprint density at radius 1 is 1.17 bits per heavy atom. The molecule has 0 bridgehead atoms. The second-order valence-corrected chi connectivity index (χ2v) is 3.31. The molecule has 0 amide bonds. The Labute approximate surface area is 74.2 Å². The topological polar surface area (TPSA) is 17.1 Å². The maximum Gasteiger partial charge on any atom is 0.123 e. The molecule has 0 aromatic heterocycles. The van der Waals surface area contributed by atoms with E-state index < -0.39 is 0 Å². The van der Waals surface area contributed by atoms with Crippen LogP contribution < -0.4 is 0 Å². The second kappa shape index (κ2) is 4.91. The predicted molar refractivity (Wildman–Crippen MR) is 50.8 cm³/mol. The fourth-order valence-electron chi connectivity index (χ4n) is 1.74. The summed E-state index contributed by atoms with van der Waals surface area (Å²) in [6.45, 7) is 2.00. The first-order valence-electron chi connectivity index (χ1n) is 4.63. The van der Waals surface area contributed by atoms with Gasteiger partial charge in [0.1, 0.15) is 6.29 Å². The maximum atomic E-state index is 10.6. The van der Waals surface area contributed by atoms with Gasteiger partial charge in [-0.3, -0.25) is 0 Å². The second-order valence-electron chi connectivity index (χ2n) is 3.31. The number of hydrogen-bond acceptors (Lipinski definition) is 1. The van der Waals surface area contributed by atoms with Crippen molar-refractivity contribution in [3.8, 4) is 0 Å². The van der Waals surface area contributed by atoms with Crippen molar-refractivity contribution in [2.24, 2.45) is 11.8 Å². The highest BCUT2D eigenvalue weighted by atomic mass is 16.1. The third-order valence-corrected chi connectivity index (χ3v) is 2.46. The lowest BCUT2D eigenvalue weighted by Gasteiger charge is -2.06. The predicted octanol–water partition coefficient (Wildman–Crippen LogP) is 2.73. The summed E-state index contributed by atoms with van der Waals surface area (Å²) in [5.74, 6) is 0.783. The fraction of sp³-hybridized carbons (Fsp3) is 0.545. The van der Waals surface area contributed by atoms with Crippen LogP contribution in [0.5, 0.6) is 0 Å². The van der Waals surface area contributed by atoms with E-state index in [2.05, 4.69) is 6.08 Å². The highest BCUT2D eigenvalue weighted by Gasteiger charge is 2.23. The summed E-state index contributed by atoms with van der Waals surface area (Å²) in [6.07, 6.45) is 12.8. The zero-order valence-electron chi connectivity index (χ0n) is 7.57.